The normalized spacial score (nSPS) is 10.3. The Labute approximate surface area is 102 Å². The smallest absolute Gasteiger partial charge is 0.150 e. The van der Waals surface area contributed by atoms with Gasteiger partial charge in [0.25, 0.3) is 0 Å². The van der Waals surface area contributed by atoms with Crippen molar-refractivity contribution in [1.82, 2.24) is 4.98 Å². The Bertz CT molecular complexity index is 494. The maximum Gasteiger partial charge on any atom is 0.150 e. The molecule has 0 unspecified atom stereocenters. The Morgan fingerprint density at radius 1 is 1.24 bits per heavy atom. The highest BCUT2D eigenvalue weighted by molar-refractivity contribution is 6.33. The second-order valence-electron chi connectivity index (χ2n) is 3.42. The molecule has 17 heavy (non-hydrogen) atoms. The first-order valence-electron chi connectivity index (χ1n) is 4.95. The molecular formula is C12H9ClF2N2. The summed E-state index contributed by atoms with van der Waals surface area (Å²) in [6.45, 7) is 0.323. The van der Waals surface area contributed by atoms with Crippen LogP contribution in [-0.2, 0) is 6.54 Å². The van der Waals surface area contributed by atoms with E-state index in [4.69, 9.17) is 11.6 Å². The lowest BCUT2D eigenvalue weighted by atomic mass is 10.2. The molecule has 5 heteroatoms. The lowest BCUT2D eigenvalue weighted by Gasteiger charge is -2.09. The van der Waals surface area contributed by atoms with E-state index in [2.05, 4.69) is 10.3 Å². The molecule has 88 valence electrons. The fourth-order valence-electron chi connectivity index (χ4n) is 1.39. The molecule has 0 fully saturated rings. The summed E-state index contributed by atoms with van der Waals surface area (Å²) in [5.41, 5.74) is 0.825. The molecule has 1 aromatic carbocycles. The van der Waals surface area contributed by atoms with E-state index in [-0.39, 0.29) is 10.7 Å². The highest BCUT2D eigenvalue weighted by atomic mass is 35.5. The lowest BCUT2D eigenvalue weighted by molar-refractivity contribution is 0.585. The van der Waals surface area contributed by atoms with Crippen molar-refractivity contribution in [2.24, 2.45) is 0 Å². The molecule has 0 bridgehead atoms. The number of aromatic nitrogens is 1. The van der Waals surface area contributed by atoms with Crippen molar-refractivity contribution in [2.45, 2.75) is 6.54 Å². The van der Waals surface area contributed by atoms with Gasteiger partial charge in [0.2, 0.25) is 0 Å². The van der Waals surface area contributed by atoms with E-state index in [1.54, 1.807) is 18.3 Å². The molecule has 0 radical (unpaired) electrons. The van der Waals surface area contributed by atoms with Crippen LogP contribution in [0.15, 0.2) is 36.5 Å². The van der Waals surface area contributed by atoms with Gasteiger partial charge in [0, 0.05) is 12.3 Å². The van der Waals surface area contributed by atoms with Crippen molar-refractivity contribution < 1.29 is 8.78 Å². The Balaban J connectivity index is 2.15. The molecule has 0 amide bonds. The minimum Gasteiger partial charge on any atom is -0.376 e. The summed E-state index contributed by atoms with van der Waals surface area (Å²) in [7, 11) is 0. The maximum atomic E-state index is 13.4. The minimum atomic E-state index is -0.717. The Morgan fingerprint density at radius 2 is 2.06 bits per heavy atom. The second kappa shape index (κ2) is 5.10. The molecule has 2 aromatic rings. The molecule has 1 heterocycles. The van der Waals surface area contributed by atoms with Crippen molar-refractivity contribution >= 4 is 17.3 Å². The minimum absolute atomic E-state index is 0.0124. The number of anilines is 1. The van der Waals surface area contributed by atoms with Gasteiger partial charge in [0.1, 0.15) is 5.82 Å². The molecule has 0 aliphatic carbocycles. The zero-order chi connectivity index (χ0) is 12.3. The van der Waals surface area contributed by atoms with E-state index < -0.39 is 11.6 Å². The van der Waals surface area contributed by atoms with Crippen LogP contribution in [0.25, 0.3) is 0 Å². The van der Waals surface area contributed by atoms with Gasteiger partial charge in [-0.25, -0.2) is 8.78 Å². The molecular weight excluding hydrogens is 246 g/mol. The van der Waals surface area contributed by atoms with E-state index in [9.17, 15) is 8.78 Å². The van der Waals surface area contributed by atoms with Crippen LogP contribution in [0.1, 0.15) is 5.69 Å². The van der Waals surface area contributed by atoms with Crippen LogP contribution in [0, 0.1) is 11.6 Å². The highest BCUT2D eigenvalue weighted by Gasteiger charge is 2.09. The number of nitrogens with one attached hydrogen (secondary N) is 1. The third-order valence-corrected chi connectivity index (χ3v) is 2.48. The van der Waals surface area contributed by atoms with Gasteiger partial charge >= 0.3 is 0 Å². The van der Waals surface area contributed by atoms with Gasteiger partial charge in [-0.3, -0.25) is 4.98 Å². The summed E-state index contributed by atoms with van der Waals surface area (Å²) < 4.78 is 26.2. The fourth-order valence-corrected chi connectivity index (χ4v) is 1.65. The number of nitrogens with zero attached hydrogens (tertiary/aromatic N) is 1. The highest BCUT2D eigenvalue weighted by Crippen LogP contribution is 2.26. The molecule has 0 saturated heterocycles. The average Bonchev–Trinajstić information content (AvgIpc) is 2.29. The van der Waals surface area contributed by atoms with E-state index in [1.807, 2.05) is 6.07 Å². The molecule has 0 aliphatic rings. The number of hydrogen-bond acceptors (Lipinski definition) is 2. The quantitative estimate of drug-likeness (QED) is 0.905. The molecule has 0 spiro atoms. The van der Waals surface area contributed by atoms with Crippen LogP contribution in [-0.4, -0.2) is 4.98 Å². The number of hydrogen-bond donors (Lipinski definition) is 1. The Kier molecular flexibility index (Phi) is 3.54. The molecule has 2 rings (SSSR count). The Hall–Kier alpha value is -1.68. The van der Waals surface area contributed by atoms with Crippen LogP contribution in [0.4, 0.5) is 14.5 Å². The van der Waals surface area contributed by atoms with Crippen LogP contribution in [0.3, 0.4) is 0 Å². The molecule has 0 aliphatic heterocycles. The van der Waals surface area contributed by atoms with Gasteiger partial charge in [-0.1, -0.05) is 17.7 Å². The van der Waals surface area contributed by atoms with E-state index in [1.165, 1.54) is 0 Å². The van der Waals surface area contributed by atoms with Gasteiger partial charge in [-0.05, 0) is 18.2 Å². The summed E-state index contributed by atoms with van der Waals surface area (Å²) in [6.07, 6.45) is 1.64. The van der Waals surface area contributed by atoms with E-state index in [0.717, 1.165) is 17.8 Å². The fraction of sp³-hybridized carbons (Fsp3) is 0.0833. The van der Waals surface area contributed by atoms with Crippen molar-refractivity contribution in [1.29, 1.82) is 0 Å². The maximum absolute atomic E-state index is 13.4. The van der Waals surface area contributed by atoms with Crippen molar-refractivity contribution in [3.8, 4) is 0 Å². The predicted octanol–water partition coefficient (Wildman–Crippen LogP) is 3.63. The topological polar surface area (TPSA) is 24.9 Å². The lowest BCUT2D eigenvalue weighted by Crippen LogP contribution is -2.04. The van der Waals surface area contributed by atoms with Gasteiger partial charge in [0.15, 0.2) is 5.82 Å². The summed E-state index contributed by atoms with van der Waals surface area (Å²) >= 11 is 5.74. The zero-order valence-electron chi connectivity index (χ0n) is 8.75. The number of benzene rings is 1. The Morgan fingerprint density at radius 3 is 2.71 bits per heavy atom. The van der Waals surface area contributed by atoms with Gasteiger partial charge in [0.05, 0.1) is 22.9 Å². The third-order valence-electron chi connectivity index (χ3n) is 2.18. The summed E-state index contributed by atoms with van der Waals surface area (Å²) in [5.74, 6) is -1.41. The first kappa shape index (κ1) is 11.8. The number of rotatable bonds is 3. The van der Waals surface area contributed by atoms with Crippen molar-refractivity contribution in [2.75, 3.05) is 5.32 Å². The SMILES string of the molecule is Fc1cc(F)c(NCc2ccccn2)c(Cl)c1. The van der Waals surface area contributed by atoms with Crippen molar-refractivity contribution in [3.05, 3.63) is 58.9 Å². The van der Waals surface area contributed by atoms with Crippen LogP contribution < -0.4 is 5.32 Å². The van der Waals surface area contributed by atoms with Crippen LogP contribution in [0.2, 0.25) is 5.02 Å². The molecule has 0 saturated carbocycles. The molecule has 1 aromatic heterocycles. The van der Waals surface area contributed by atoms with E-state index >= 15 is 0 Å². The number of pyridine rings is 1. The van der Waals surface area contributed by atoms with E-state index in [0.29, 0.717) is 6.54 Å². The largest absolute Gasteiger partial charge is 0.376 e. The summed E-state index contributed by atoms with van der Waals surface area (Å²) in [5, 5.41) is 2.80. The number of halogens is 3. The standard InChI is InChI=1S/C12H9ClF2N2/c13-10-5-8(14)6-11(15)12(10)17-7-9-3-1-2-4-16-9/h1-6,17H,7H2. The molecule has 2 nitrogen and oxygen atoms in total. The first-order chi connectivity index (χ1) is 8.16. The summed E-state index contributed by atoms with van der Waals surface area (Å²) in [6, 6.07) is 7.25. The molecule has 0 atom stereocenters. The average molecular weight is 255 g/mol. The third kappa shape index (κ3) is 2.91. The predicted molar refractivity (Wildman–Crippen MR) is 62.9 cm³/mol. The van der Waals surface area contributed by atoms with Gasteiger partial charge in [-0.2, -0.15) is 0 Å². The van der Waals surface area contributed by atoms with Crippen molar-refractivity contribution in [3.63, 3.8) is 0 Å². The zero-order valence-corrected chi connectivity index (χ0v) is 9.51. The second-order valence-corrected chi connectivity index (χ2v) is 3.83. The van der Waals surface area contributed by atoms with Gasteiger partial charge < -0.3 is 5.32 Å². The molecule has 1 N–H and O–H groups in total. The van der Waals surface area contributed by atoms with Crippen LogP contribution in [0.5, 0.6) is 0 Å². The first-order valence-corrected chi connectivity index (χ1v) is 5.33. The van der Waals surface area contributed by atoms with Gasteiger partial charge in [-0.15, -0.1) is 0 Å². The van der Waals surface area contributed by atoms with Crippen LogP contribution >= 0.6 is 11.6 Å². The summed E-state index contributed by atoms with van der Waals surface area (Å²) in [4.78, 5) is 4.07. The monoisotopic (exact) mass is 254 g/mol.